The van der Waals surface area contributed by atoms with E-state index in [1.807, 2.05) is 6.92 Å². The van der Waals surface area contributed by atoms with Gasteiger partial charge in [-0.05, 0) is 31.2 Å². The average molecular weight is 495 g/mol. The van der Waals surface area contributed by atoms with Crippen LogP contribution in [0.25, 0.3) is 0 Å². The summed E-state index contributed by atoms with van der Waals surface area (Å²) >= 11 is 2.18. The van der Waals surface area contributed by atoms with Crippen molar-refractivity contribution in [2.24, 2.45) is 0 Å². The lowest BCUT2D eigenvalue weighted by Gasteiger charge is -2.13. The Labute approximate surface area is 202 Å². The number of hydrogen-bond acceptors (Lipinski definition) is 9. The number of carbonyl (C=O) groups is 3. The Morgan fingerprint density at radius 2 is 1.79 bits per heavy atom. The van der Waals surface area contributed by atoms with E-state index in [0.717, 1.165) is 16.9 Å². The molecule has 0 unspecified atom stereocenters. The van der Waals surface area contributed by atoms with Gasteiger partial charge in [-0.1, -0.05) is 46.4 Å². The quantitative estimate of drug-likeness (QED) is 0.323. The van der Waals surface area contributed by atoms with Crippen LogP contribution in [0.2, 0.25) is 0 Å². The lowest BCUT2D eigenvalue weighted by Crippen LogP contribution is -2.21. The Hall–Kier alpha value is -4.16. The number of carbonyl (C=O) groups excluding carboxylic acids is 3. The van der Waals surface area contributed by atoms with Crippen molar-refractivity contribution >= 4 is 56.3 Å². The first-order valence-corrected chi connectivity index (χ1v) is 11.5. The molecule has 0 radical (unpaired) electrons. The molecule has 34 heavy (non-hydrogen) atoms. The number of hydrogen-bond donors (Lipinski definition) is 3. The molecule has 10 nitrogen and oxygen atoms in total. The number of para-hydroxylation sites is 1. The first-order chi connectivity index (χ1) is 16.4. The largest absolute Gasteiger partial charge is 0.496 e. The van der Waals surface area contributed by atoms with Crippen LogP contribution >= 0.6 is 22.7 Å². The second-order valence-corrected chi connectivity index (χ2v) is 8.75. The fourth-order valence-electron chi connectivity index (χ4n) is 3.01. The topological polar surface area (TPSA) is 135 Å². The molecule has 0 aliphatic heterocycles. The number of ketones is 1. The number of urea groups is 1. The van der Waals surface area contributed by atoms with Gasteiger partial charge in [0.2, 0.25) is 5.13 Å². The lowest BCUT2D eigenvalue weighted by atomic mass is 9.99. The molecule has 3 N–H and O–H groups in total. The van der Waals surface area contributed by atoms with Crippen molar-refractivity contribution < 1.29 is 19.1 Å². The van der Waals surface area contributed by atoms with Crippen molar-refractivity contribution in [2.45, 2.75) is 6.92 Å². The molecule has 4 rings (SSSR count). The predicted octanol–water partition coefficient (Wildman–Crippen LogP) is 4.44. The van der Waals surface area contributed by atoms with Crippen LogP contribution in [0.3, 0.4) is 0 Å². The van der Waals surface area contributed by atoms with E-state index in [2.05, 4.69) is 31.1 Å². The average Bonchev–Trinajstić information content (AvgIpc) is 3.52. The van der Waals surface area contributed by atoms with E-state index in [4.69, 9.17) is 4.74 Å². The van der Waals surface area contributed by atoms with E-state index in [1.54, 1.807) is 42.5 Å². The Kier molecular flexibility index (Phi) is 6.90. The maximum absolute atomic E-state index is 13.2. The Balaban J connectivity index is 1.48. The van der Waals surface area contributed by atoms with Crippen molar-refractivity contribution in [3.8, 4) is 5.75 Å². The van der Waals surface area contributed by atoms with E-state index < -0.39 is 11.9 Å². The second kappa shape index (κ2) is 10.2. The van der Waals surface area contributed by atoms with Crippen LogP contribution in [0.5, 0.6) is 5.75 Å². The van der Waals surface area contributed by atoms with Gasteiger partial charge in [0.25, 0.3) is 5.91 Å². The molecule has 0 saturated heterocycles. The van der Waals surface area contributed by atoms with E-state index in [-0.39, 0.29) is 15.8 Å². The summed E-state index contributed by atoms with van der Waals surface area (Å²) in [6, 6.07) is 11.4. The molecular formula is C22H18N6O4S2. The Morgan fingerprint density at radius 1 is 0.971 bits per heavy atom. The third-order valence-corrected chi connectivity index (χ3v) is 6.07. The van der Waals surface area contributed by atoms with Crippen LogP contribution in [0.15, 0.2) is 54.2 Å². The number of aryl methyl sites for hydroxylation is 1. The van der Waals surface area contributed by atoms with Crippen LogP contribution in [-0.2, 0) is 0 Å². The zero-order valence-electron chi connectivity index (χ0n) is 18.0. The molecule has 0 saturated carbocycles. The van der Waals surface area contributed by atoms with Gasteiger partial charge in [-0.15, -0.1) is 10.2 Å². The van der Waals surface area contributed by atoms with Gasteiger partial charge >= 0.3 is 6.03 Å². The van der Waals surface area contributed by atoms with Gasteiger partial charge in [-0.25, -0.2) is 9.78 Å². The van der Waals surface area contributed by atoms with E-state index in [1.165, 1.54) is 30.2 Å². The standard InChI is InChI=1S/C22H18N6O4S2/c1-12-7-8-15(14(9-12)18(29)13-5-3-4-6-16(13)32-2)25-20(31)27-21-23-10-17(34-21)19(30)26-22-28-24-11-33-22/h3-11H,1-2H3,(H,26,28,30)(H2,23,25,27,31). The highest BCUT2D eigenvalue weighted by Gasteiger charge is 2.20. The fourth-order valence-corrected chi connectivity index (χ4v) is 4.15. The summed E-state index contributed by atoms with van der Waals surface area (Å²) in [4.78, 5) is 42.5. The minimum absolute atomic E-state index is 0.213. The lowest BCUT2D eigenvalue weighted by molar-refractivity contribution is 0.102. The molecule has 0 aliphatic carbocycles. The monoisotopic (exact) mass is 494 g/mol. The predicted molar refractivity (Wildman–Crippen MR) is 130 cm³/mol. The van der Waals surface area contributed by atoms with Gasteiger partial charge < -0.3 is 10.1 Å². The molecule has 0 spiro atoms. The number of anilines is 3. The van der Waals surface area contributed by atoms with Crippen molar-refractivity contribution in [2.75, 3.05) is 23.1 Å². The Morgan fingerprint density at radius 3 is 2.56 bits per heavy atom. The molecule has 0 aliphatic rings. The number of methoxy groups -OCH3 is 1. The molecule has 0 fully saturated rings. The number of aromatic nitrogens is 3. The van der Waals surface area contributed by atoms with E-state index >= 15 is 0 Å². The van der Waals surface area contributed by atoms with Crippen molar-refractivity contribution in [3.63, 3.8) is 0 Å². The second-order valence-electron chi connectivity index (χ2n) is 6.89. The number of ether oxygens (including phenoxy) is 1. The first-order valence-electron chi connectivity index (χ1n) is 9.84. The molecule has 2 heterocycles. The summed E-state index contributed by atoms with van der Waals surface area (Å²) in [5, 5.41) is 15.8. The van der Waals surface area contributed by atoms with Crippen LogP contribution in [-0.4, -0.2) is 40.0 Å². The fraction of sp³-hybridized carbons (Fsp3) is 0.0909. The summed E-state index contributed by atoms with van der Waals surface area (Å²) in [5.41, 5.74) is 3.37. The zero-order valence-corrected chi connectivity index (χ0v) is 19.6. The number of rotatable bonds is 7. The van der Waals surface area contributed by atoms with Crippen LogP contribution < -0.4 is 20.7 Å². The zero-order chi connectivity index (χ0) is 24.1. The molecule has 3 amide bonds. The van der Waals surface area contributed by atoms with E-state index in [0.29, 0.717) is 27.7 Å². The minimum Gasteiger partial charge on any atom is -0.496 e. The summed E-state index contributed by atoms with van der Waals surface area (Å²) in [7, 11) is 1.49. The highest BCUT2D eigenvalue weighted by molar-refractivity contribution is 7.18. The molecule has 0 atom stereocenters. The highest BCUT2D eigenvalue weighted by atomic mass is 32.1. The first kappa shape index (κ1) is 23.0. The number of nitrogens with zero attached hydrogens (tertiary/aromatic N) is 3. The summed E-state index contributed by atoms with van der Waals surface area (Å²) < 4.78 is 5.31. The number of nitrogens with one attached hydrogen (secondary N) is 3. The molecular weight excluding hydrogens is 476 g/mol. The minimum atomic E-state index is -0.608. The molecule has 12 heteroatoms. The SMILES string of the molecule is COc1ccccc1C(=O)c1cc(C)ccc1NC(=O)Nc1ncc(C(=O)Nc2nncs2)s1. The van der Waals surface area contributed by atoms with Crippen LogP contribution in [0.1, 0.15) is 31.2 Å². The van der Waals surface area contributed by atoms with Crippen LogP contribution in [0.4, 0.5) is 20.7 Å². The van der Waals surface area contributed by atoms with Crippen molar-refractivity contribution in [3.05, 3.63) is 75.7 Å². The van der Waals surface area contributed by atoms with Gasteiger partial charge in [0, 0.05) is 5.56 Å². The summed E-state index contributed by atoms with van der Waals surface area (Å²) in [6.45, 7) is 1.85. The number of benzene rings is 2. The maximum Gasteiger partial charge on any atom is 0.325 e. The van der Waals surface area contributed by atoms with Crippen molar-refractivity contribution in [1.29, 1.82) is 0 Å². The molecule has 0 bridgehead atoms. The highest BCUT2D eigenvalue weighted by Crippen LogP contribution is 2.27. The van der Waals surface area contributed by atoms with Gasteiger partial charge in [0.1, 0.15) is 16.1 Å². The molecule has 2 aromatic heterocycles. The molecule has 2 aromatic carbocycles. The van der Waals surface area contributed by atoms with Crippen molar-refractivity contribution in [1.82, 2.24) is 15.2 Å². The number of thiazole rings is 1. The Bertz CT molecular complexity index is 1350. The normalized spacial score (nSPS) is 10.4. The summed E-state index contributed by atoms with van der Waals surface area (Å²) in [6.07, 6.45) is 1.35. The number of amides is 3. The third-order valence-electron chi connectivity index (χ3n) is 4.55. The van der Waals surface area contributed by atoms with Gasteiger partial charge in [-0.2, -0.15) is 0 Å². The summed E-state index contributed by atoms with van der Waals surface area (Å²) in [5.74, 6) is -0.265. The van der Waals surface area contributed by atoms with Gasteiger partial charge in [0.15, 0.2) is 10.9 Å². The maximum atomic E-state index is 13.2. The van der Waals surface area contributed by atoms with Gasteiger partial charge in [-0.3, -0.25) is 20.2 Å². The third kappa shape index (κ3) is 5.24. The van der Waals surface area contributed by atoms with Crippen LogP contribution in [0, 0.1) is 6.92 Å². The smallest absolute Gasteiger partial charge is 0.325 e. The van der Waals surface area contributed by atoms with E-state index in [9.17, 15) is 14.4 Å². The van der Waals surface area contributed by atoms with Gasteiger partial charge in [0.05, 0.1) is 24.6 Å². The molecule has 4 aromatic rings. The molecule has 172 valence electrons.